The molecular formula is C18H24N4OS. The van der Waals surface area contributed by atoms with Gasteiger partial charge in [0.05, 0.1) is 17.2 Å². The van der Waals surface area contributed by atoms with Crippen molar-refractivity contribution in [3.05, 3.63) is 46.7 Å². The van der Waals surface area contributed by atoms with Crippen LogP contribution in [-0.2, 0) is 24.3 Å². The Kier molecular flexibility index (Phi) is 5.45. The first-order valence-corrected chi connectivity index (χ1v) is 9.36. The fourth-order valence-corrected chi connectivity index (χ4v) is 3.68. The number of nitrogens with zero attached hydrogens (tertiary/aromatic N) is 4. The number of aromatic nitrogens is 3. The van der Waals surface area contributed by atoms with Crippen molar-refractivity contribution in [2.75, 3.05) is 6.54 Å². The van der Waals surface area contributed by atoms with Crippen molar-refractivity contribution in [3.63, 3.8) is 0 Å². The number of hydrogen-bond donors (Lipinski definition) is 0. The van der Waals surface area contributed by atoms with Crippen LogP contribution in [0.1, 0.15) is 35.7 Å². The lowest BCUT2D eigenvalue weighted by molar-refractivity contribution is -0.126. The standard InChI is InChI=1S/C18H24N4OS/c1-3-18(23)21(10-8-17-20-14(2)13-24-17)12-16-7-9-19-22(16)11-15-5-4-6-15/h3,7,9,13,15H,1,4-6,8,10-12H2,2H3. The molecule has 5 nitrogen and oxygen atoms in total. The molecule has 0 unspecified atom stereocenters. The molecule has 128 valence electrons. The van der Waals surface area contributed by atoms with Gasteiger partial charge in [0.1, 0.15) is 0 Å². The van der Waals surface area contributed by atoms with Gasteiger partial charge in [-0.05, 0) is 37.8 Å². The van der Waals surface area contributed by atoms with E-state index in [0.717, 1.165) is 35.3 Å². The van der Waals surface area contributed by atoms with Gasteiger partial charge in [0.25, 0.3) is 0 Å². The van der Waals surface area contributed by atoms with Gasteiger partial charge in [-0.3, -0.25) is 9.48 Å². The second-order valence-electron chi connectivity index (χ2n) is 6.40. The molecule has 0 N–H and O–H groups in total. The summed E-state index contributed by atoms with van der Waals surface area (Å²) in [5.74, 6) is 0.699. The van der Waals surface area contributed by atoms with E-state index in [-0.39, 0.29) is 5.91 Å². The summed E-state index contributed by atoms with van der Waals surface area (Å²) in [6.07, 6.45) is 7.90. The molecule has 0 aliphatic heterocycles. The number of aryl methyl sites for hydroxylation is 1. The number of hydrogen-bond acceptors (Lipinski definition) is 4. The molecule has 24 heavy (non-hydrogen) atoms. The molecule has 0 radical (unpaired) electrons. The molecule has 2 heterocycles. The summed E-state index contributed by atoms with van der Waals surface area (Å²) in [4.78, 5) is 18.5. The Morgan fingerprint density at radius 3 is 3.00 bits per heavy atom. The monoisotopic (exact) mass is 344 g/mol. The quantitative estimate of drug-likeness (QED) is 0.691. The zero-order chi connectivity index (χ0) is 16.9. The number of carbonyl (C=O) groups is 1. The summed E-state index contributed by atoms with van der Waals surface area (Å²) in [6, 6.07) is 2.01. The van der Waals surface area contributed by atoms with Gasteiger partial charge in [-0.15, -0.1) is 11.3 Å². The van der Waals surface area contributed by atoms with Gasteiger partial charge >= 0.3 is 0 Å². The fraction of sp³-hybridized carbons (Fsp3) is 0.500. The van der Waals surface area contributed by atoms with E-state index in [1.165, 1.54) is 25.3 Å². The Balaban J connectivity index is 1.64. The van der Waals surface area contributed by atoms with Crippen molar-refractivity contribution < 1.29 is 4.79 Å². The minimum Gasteiger partial charge on any atom is -0.333 e. The maximum atomic E-state index is 12.2. The van der Waals surface area contributed by atoms with Crippen molar-refractivity contribution >= 4 is 17.2 Å². The third kappa shape index (κ3) is 4.12. The van der Waals surface area contributed by atoms with E-state index in [9.17, 15) is 4.79 Å². The highest BCUT2D eigenvalue weighted by atomic mass is 32.1. The van der Waals surface area contributed by atoms with Gasteiger partial charge in [0.2, 0.25) is 5.91 Å². The molecule has 2 aromatic rings. The normalized spacial score (nSPS) is 14.4. The number of thiazole rings is 1. The molecule has 2 aromatic heterocycles. The molecule has 0 atom stereocenters. The zero-order valence-electron chi connectivity index (χ0n) is 14.1. The van der Waals surface area contributed by atoms with Crippen LogP contribution in [0, 0.1) is 12.8 Å². The van der Waals surface area contributed by atoms with Gasteiger partial charge in [-0.1, -0.05) is 13.0 Å². The van der Waals surface area contributed by atoms with Gasteiger partial charge in [0, 0.05) is 36.8 Å². The van der Waals surface area contributed by atoms with Gasteiger partial charge in [-0.25, -0.2) is 4.98 Å². The molecule has 0 saturated heterocycles. The van der Waals surface area contributed by atoms with Crippen LogP contribution in [0.2, 0.25) is 0 Å². The Hall–Kier alpha value is -1.95. The van der Waals surface area contributed by atoms with Crippen LogP contribution >= 0.6 is 11.3 Å². The van der Waals surface area contributed by atoms with Gasteiger partial charge < -0.3 is 4.90 Å². The average molecular weight is 344 g/mol. The summed E-state index contributed by atoms with van der Waals surface area (Å²) < 4.78 is 2.06. The van der Waals surface area contributed by atoms with Crippen LogP contribution in [0.3, 0.4) is 0 Å². The summed E-state index contributed by atoms with van der Waals surface area (Å²) in [7, 11) is 0. The molecule has 0 spiro atoms. The number of rotatable bonds is 8. The topological polar surface area (TPSA) is 51.0 Å². The largest absolute Gasteiger partial charge is 0.333 e. The highest BCUT2D eigenvalue weighted by Crippen LogP contribution is 2.28. The molecule has 1 saturated carbocycles. The van der Waals surface area contributed by atoms with E-state index in [2.05, 4.69) is 21.3 Å². The van der Waals surface area contributed by atoms with E-state index in [0.29, 0.717) is 13.1 Å². The lowest BCUT2D eigenvalue weighted by Gasteiger charge is -2.27. The Morgan fingerprint density at radius 2 is 2.38 bits per heavy atom. The van der Waals surface area contributed by atoms with E-state index in [4.69, 9.17) is 0 Å². The highest BCUT2D eigenvalue weighted by Gasteiger charge is 2.20. The molecule has 3 rings (SSSR count). The molecule has 1 amide bonds. The van der Waals surface area contributed by atoms with Gasteiger partial charge in [-0.2, -0.15) is 5.10 Å². The molecule has 1 aliphatic rings. The van der Waals surface area contributed by atoms with Crippen LogP contribution in [0.25, 0.3) is 0 Å². The first-order chi connectivity index (χ1) is 11.7. The summed E-state index contributed by atoms with van der Waals surface area (Å²) in [5, 5.41) is 7.55. The van der Waals surface area contributed by atoms with Crippen LogP contribution in [-0.4, -0.2) is 32.1 Å². The second-order valence-corrected chi connectivity index (χ2v) is 7.34. The predicted molar refractivity (Wildman–Crippen MR) is 95.7 cm³/mol. The molecule has 6 heteroatoms. The minimum atomic E-state index is -0.0420. The Bertz CT molecular complexity index is 701. The molecule has 0 aromatic carbocycles. The second kappa shape index (κ2) is 7.75. The van der Waals surface area contributed by atoms with E-state index < -0.39 is 0 Å². The lowest BCUT2D eigenvalue weighted by Crippen LogP contribution is -2.32. The first-order valence-electron chi connectivity index (χ1n) is 8.48. The van der Waals surface area contributed by atoms with Crippen LogP contribution < -0.4 is 0 Å². The molecular weight excluding hydrogens is 320 g/mol. The van der Waals surface area contributed by atoms with E-state index >= 15 is 0 Å². The summed E-state index contributed by atoms with van der Waals surface area (Å²) in [6.45, 7) is 7.81. The molecule has 1 aliphatic carbocycles. The number of carbonyl (C=O) groups excluding carboxylic acids is 1. The maximum Gasteiger partial charge on any atom is 0.246 e. The van der Waals surface area contributed by atoms with Crippen LogP contribution in [0.15, 0.2) is 30.3 Å². The smallest absolute Gasteiger partial charge is 0.246 e. The Labute approximate surface area is 147 Å². The minimum absolute atomic E-state index is 0.0420. The third-order valence-corrected chi connectivity index (χ3v) is 5.59. The van der Waals surface area contributed by atoms with Gasteiger partial charge in [0.15, 0.2) is 0 Å². The first kappa shape index (κ1) is 16.9. The molecule has 0 bridgehead atoms. The predicted octanol–water partition coefficient (Wildman–Crippen LogP) is 3.21. The van der Waals surface area contributed by atoms with Crippen molar-refractivity contribution in [1.29, 1.82) is 0 Å². The van der Waals surface area contributed by atoms with Crippen LogP contribution in [0.5, 0.6) is 0 Å². The van der Waals surface area contributed by atoms with Crippen molar-refractivity contribution in [3.8, 4) is 0 Å². The van der Waals surface area contributed by atoms with Crippen molar-refractivity contribution in [2.24, 2.45) is 5.92 Å². The summed E-state index contributed by atoms with van der Waals surface area (Å²) >= 11 is 1.65. The van der Waals surface area contributed by atoms with E-state index in [1.54, 1.807) is 11.3 Å². The zero-order valence-corrected chi connectivity index (χ0v) is 15.0. The third-order valence-electron chi connectivity index (χ3n) is 4.56. The number of amides is 1. The Morgan fingerprint density at radius 1 is 1.54 bits per heavy atom. The van der Waals surface area contributed by atoms with Crippen LogP contribution in [0.4, 0.5) is 0 Å². The average Bonchev–Trinajstić information content (AvgIpc) is 3.15. The fourth-order valence-electron chi connectivity index (χ4n) is 2.92. The van der Waals surface area contributed by atoms with Crippen molar-refractivity contribution in [2.45, 2.75) is 45.7 Å². The van der Waals surface area contributed by atoms with Crippen molar-refractivity contribution in [1.82, 2.24) is 19.7 Å². The SMILES string of the molecule is C=CC(=O)N(CCc1nc(C)cs1)Cc1ccnn1CC1CCC1. The summed E-state index contributed by atoms with van der Waals surface area (Å²) in [5.41, 5.74) is 2.13. The van der Waals surface area contributed by atoms with E-state index in [1.807, 2.05) is 29.5 Å². The lowest BCUT2D eigenvalue weighted by atomic mass is 9.85. The maximum absolute atomic E-state index is 12.2. The highest BCUT2D eigenvalue weighted by molar-refractivity contribution is 7.09. The molecule has 1 fully saturated rings.